The van der Waals surface area contributed by atoms with Crippen LogP contribution in [0, 0.1) is 0 Å². The Morgan fingerprint density at radius 2 is 2.07 bits per heavy atom. The SMILES string of the molecule is C1=CC(n2cccn2)c2ccccc21. The first-order valence-corrected chi connectivity index (χ1v) is 4.71. The molecule has 1 atom stereocenters. The maximum Gasteiger partial charge on any atom is 0.0958 e. The third-order valence-corrected chi connectivity index (χ3v) is 2.58. The Balaban J connectivity index is 2.11. The molecule has 0 saturated heterocycles. The Hall–Kier alpha value is -1.83. The van der Waals surface area contributed by atoms with Crippen LogP contribution < -0.4 is 0 Å². The maximum absolute atomic E-state index is 4.26. The minimum absolute atomic E-state index is 0.279. The number of hydrogen-bond acceptors (Lipinski definition) is 1. The van der Waals surface area contributed by atoms with E-state index in [0.717, 1.165) is 0 Å². The molecule has 0 amide bonds. The highest BCUT2D eigenvalue weighted by Gasteiger charge is 2.17. The van der Waals surface area contributed by atoms with Crippen LogP contribution in [0.1, 0.15) is 17.2 Å². The molecular weight excluding hydrogens is 172 g/mol. The van der Waals surface area contributed by atoms with Gasteiger partial charge in [0.1, 0.15) is 0 Å². The van der Waals surface area contributed by atoms with E-state index >= 15 is 0 Å². The molecule has 1 aromatic carbocycles. The summed E-state index contributed by atoms with van der Waals surface area (Å²) >= 11 is 0. The van der Waals surface area contributed by atoms with E-state index in [1.807, 2.05) is 23.1 Å². The second kappa shape index (κ2) is 2.84. The van der Waals surface area contributed by atoms with Gasteiger partial charge in [-0.15, -0.1) is 0 Å². The predicted molar refractivity (Wildman–Crippen MR) is 55.8 cm³/mol. The first-order chi connectivity index (χ1) is 6.95. The minimum Gasteiger partial charge on any atom is -0.261 e. The van der Waals surface area contributed by atoms with E-state index in [-0.39, 0.29) is 6.04 Å². The topological polar surface area (TPSA) is 17.8 Å². The lowest BCUT2D eigenvalue weighted by Gasteiger charge is -2.10. The zero-order valence-corrected chi connectivity index (χ0v) is 7.67. The number of benzene rings is 1. The van der Waals surface area contributed by atoms with Crippen LogP contribution in [0.3, 0.4) is 0 Å². The van der Waals surface area contributed by atoms with Gasteiger partial charge < -0.3 is 0 Å². The van der Waals surface area contributed by atoms with E-state index in [1.165, 1.54) is 11.1 Å². The molecule has 3 rings (SSSR count). The van der Waals surface area contributed by atoms with Gasteiger partial charge in [0, 0.05) is 12.4 Å². The molecule has 0 aliphatic heterocycles. The van der Waals surface area contributed by atoms with E-state index in [2.05, 4.69) is 41.5 Å². The van der Waals surface area contributed by atoms with Crippen molar-refractivity contribution < 1.29 is 0 Å². The lowest BCUT2D eigenvalue weighted by atomic mass is 10.1. The highest BCUT2D eigenvalue weighted by molar-refractivity contribution is 5.62. The summed E-state index contributed by atoms with van der Waals surface area (Å²) in [7, 11) is 0. The molecule has 0 fully saturated rings. The van der Waals surface area contributed by atoms with Crippen LogP contribution in [-0.2, 0) is 0 Å². The fourth-order valence-electron chi connectivity index (χ4n) is 1.91. The van der Waals surface area contributed by atoms with E-state index in [4.69, 9.17) is 0 Å². The zero-order chi connectivity index (χ0) is 9.38. The van der Waals surface area contributed by atoms with Crippen LogP contribution in [0.25, 0.3) is 6.08 Å². The molecule has 0 radical (unpaired) electrons. The Labute approximate surface area is 82.5 Å². The standard InChI is InChI=1S/C12H10N2/c1-2-5-11-10(4-1)6-7-12(11)14-9-3-8-13-14/h1-9,12H. The van der Waals surface area contributed by atoms with Gasteiger partial charge in [0.15, 0.2) is 0 Å². The molecule has 1 aliphatic carbocycles. The quantitative estimate of drug-likeness (QED) is 0.662. The van der Waals surface area contributed by atoms with E-state index < -0.39 is 0 Å². The van der Waals surface area contributed by atoms with Gasteiger partial charge in [0.25, 0.3) is 0 Å². The Bertz CT molecular complexity index is 469. The monoisotopic (exact) mass is 182 g/mol. The lowest BCUT2D eigenvalue weighted by molar-refractivity contribution is 0.618. The number of rotatable bonds is 1. The van der Waals surface area contributed by atoms with Crippen molar-refractivity contribution in [1.82, 2.24) is 9.78 Å². The largest absolute Gasteiger partial charge is 0.261 e. The molecule has 1 aromatic heterocycles. The van der Waals surface area contributed by atoms with E-state index in [1.54, 1.807) is 0 Å². The van der Waals surface area contributed by atoms with Crippen LogP contribution >= 0.6 is 0 Å². The number of hydrogen-bond donors (Lipinski definition) is 0. The fraction of sp³-hybridized carbons (Fsp3) is 0.0833. The molecule has 1 unspecified atom stereocenters. The third kappa shape index (κ3) is 1.01. The van der Waals surface area contributed by atoms with Crippen LogP contribution in [0.2, 0.25) is 0 Å². The van der Waals surface area contributed by atoms with Crippen LogP contribution in [0.4, 0.5) is 0 Å². The highest BCUT2D eigenvalue weighted by atomic mass is 15.3. The van der Waals surface area contributed by atoms with Crippen LogP contribution in [0.15, 0.2) is 48.8 Å². The van der Waals surface area contributed by atoms with Crippen molar-refractivity contribution in [3.63, 3.8) is 0 Å². The summed E-state index contributed by atoms with van der Waals surface area (Å²) in [6.07, 6.45) is 8.14. The first-order valence-electron chi connectivity index (χ1n) is 4.71. The molecule has 14 heavy (non-hydrogen) atoms. The third-order valence-electron chi connectivity index (χ3n) is 2.58. The van der Waals surface area contributed by atoms with Crippen molar-refractivity contribution in [1.29, 1.82) is 0 Å². The summed E-state index contributed by atoms with van der Waals surface area (Å²) in [6.45, 7) is 0. The minimum atomic E-state index is 0.279. The Morgan fingerprint density at radius 1 is 1.14 bits per heavy atom. The zero-order valence-electron chi connectivity index (χ0n) is 7.67. The summed E-state index contributed by atoms with van der Waals surface area (Å²) in [5, 5.41) is 4.26. The van der Waals surface area contributed by atoms with Crippen molar-refractivity contribution in [2.45, 2.75) is 6.04 Å². The summed E-state index contributed by atoms with van der Waals surface area (Å²) in [5.41, 5.74) is 2.63. The molecule has 0 saturated carbocycles. The molecule has 0 spiro atoms. The maximum atomic E-state index is 4.26. The van der Waals surface area contributed by atoms with E-state index in [0.29, 0.717) is 0 Å². The molecule has 2 heteroatoms. The average Bonchev–Trinajstić information content (AvgIpc) is 2.85. The van der Waals surface area contributed by atoms with Gasteiger partial charge in [-0.3, -0.25) is 4.68 Å². The summed E-state index contributed by atoms with van der Waals surface area (Å²) < 4.78 is 1.97. The van der Waals surface area contributed by atoms with Crippen LogP contribution in [0.5, 0.6) is 0 Å². The second-order valence-corrected chi connectivity index (χ2v) is 3.42. The van der Waals surface area contributed by atoms with Gasteiger partial charge in [-0.25, -0.2) is 0 Å². The summed E-state index contributed by atoms with van der Waals surface area (Å²) in [4.78, 5) is 0. The Kier molecular flexibility index (Phi) is 1.53. The summed E-state index contributed by atoms with van der Waals surface area (Å²) in [5.74, 6) is 0. The summed E-state index contributed by atoms with van der Waals surface area (Å²) in [6, 6.07) is 10.7. The second-order valence-electron chi connectivity index (χ2n) is 3.42. The molecule has 2 nitrogen and oxygen atoms in total. The molecule has 0 N–H and O–H groups in total. The fourth-order valence-corrected chi connectivity index (χ4v) is 1.91. The van der Waals surface area contributed by atoms with Crippen molar-refractivity contribution in [2.24, 2.45) is 0 Å². The van der Waals surface area contributed by atoms with Gasteiger partial charge in [-0.05, 0) is 17.2 Å². The molecule has 1 heterocycles. The van der Waals surface area contributed by atoms with Crippen molar-refractivity contribution >= 4 is 6.08 Å². The number of nitrogens with zero attached hydrogens (tertiary/aromatic N) is 2. The lowest BCUT2D eigenvalue weighted by Crippen LogP contribution is -2.06. The van der Waals surface area contributed by atoms with Crippen molar-refractivity contribution in [2.75, 3.05) is 0 Å². The van der Waals surface area contributed by atoms with E-state index in [9.17, 15) is 0 Å². The number of fused-ring (bicyclic) bond motifs is 1. The normalized spacial score (nSPS) is 18.4. The molecule has 1 aliphatic rings. The number of allylic oxidation sites excluding steroid dienone is 1. The van der Waals surface area contributed by atoms with Gasteiger partial charge in [0.05, 0.1) is 6.04 Å². The van der Waals surface area contributed by atoms with Crippen molar-refractivity contribution in [3.8, 4) is 0 Å². The van der Waals surface area contributed by atoms with Crippen LogP contribution in [-0.4, -0.2) is 9.78 Å². The molecular formula is C12H10N2. The predicted octanol–water partition coefficient (Wildman–Crippen LogP) is 2.50. The average molecular weight is 182 g/mol. The molecule has 68 valence electrons. The first kappa shape index (κ1) is 7.56. The van der Waals surface area contributed by atoms with Gasteiger partial charge in [-0.1, -0.05) is 36.4 Å². The van der Waals surface area contributed by atoms with Gasteiger partial charge in [0.2, 0.25) is 0 Å². The molecule has 0 bridgehead atoms. The number of aromatic nitrogens is 2. The molecule has 2 aromatic rings. The van der Waals surface area contributed by atoms with Gasteiger partial charge >= 0.3 is 0 Å². The van der Waals surface area contributed by atoms with Gasteiger partial charge in [-0.2, -0.15) is 5.10 Å². The van der Waals surface area contributed by atoms with Crippen molar-refractivity contribution in [3.05, 3.63) is 59.9 Å². The smallest absolute Gasteiger partial charge is 0.0958 e. The Morgan fingerprint density at radius 3 is 2.93 bits per heavy atom. The highest BCUT2D eigenvalue weighted by Crippen LogP contribution is 2.30.